The summed E-state index contributed by atoms with van der Waals surface area (Å²) in [5.74, 6) is -0.503. The van der Waals surface area contributed by atoms with Crippen molar-refractivity contribution in [1.29, 1.82) is 0 Å². The van der Waals surface area contributed by atoms with Gasteiger partial charge in [-0.05, 0) is 6.07 Å². The number of halogens is 2. The molecule has 0 radical (unpaired) electrons. The van der Waals surface area contributed by atoms with E-state index in [9.17, 15) is 8.78 Å². The largest absolute Gasteiger partial charge is 0.493 e. The van der Waals surface area contributed by atoms with Crippen LogP contribution in [0.2, 0.25) is 0 Å². The standard InChI is InChI=1S/C9H11F2NO/c1-13-9-6(8(12)5-10)3-2-4-7(9)11/h2-4,8H,5,12H2,1H3/t8-/m1/s1. The number of para-hydroxylation sites is 1. The Morgan fingerprint density at radius 2 is 2.23 bits per heavy atom. The molecular formula is C9H11F2NO. The average Bonchev–Trinajstić information content (AvgIpc) is 2.16. The Bertz CT molecular complexity index is 291. The number of benzene rings is 1. The minimum Gasteiger partial charge on any atom is -0.493 e. The Balaban J connectivity index is 3.12. The highest BCUT2D eigenvalue weighted by molar-refractivity contribution is 5.37. The Morgan fingerprint density at radius 1 is 1.54 bits per heavy atom. The van der Waals surface area contributed by atoms with Crippen molar-refractivity contribution in [1.82, 2.24) is 0 Å². The van der Waals surface area contributed by atoms with Crippen molar-refractivity contribution in [2.24, 2.45) is 5.73 Å². The molecule has 0 spiro atoms. The Morgan fingerprint density at radius 3 is 2.77 bits per heavy atom. The summed E-state index contributed by atoms with van der Waals surface area (Å²) in [5, 5.41) is 0. The average molecular weight is 187 g/mol. The van der Waals surface area contributed by atoms with Crippen molar-refractivity contribution >= 4 is 0 Å². The molecule has 0 aliphatic carbocycles. The van der Waals surface area contributed by atoms with Crippen LogP contribution in [0.3, 0.4) is 0 Å². The molecule has 2 N–H and O–H groups in total. The van der Waals surface area contributed by atoms with E-state index in [1.807, 2.05) is 0 Å². The van der Waals surface area contributed by atoms with E-state index in [4.69, 9.17) is 10.5 Å². The molecule has 0 amide bonds. The van der Waals surface area contributed by atoms with Crippen LogP contribution in [0.25, 0.3) is 0 Å². The van der Waals surface area contributed by atoms with Crippen LogP contribution in [-0.2, 0) is 0 Å². The fourth-order valence-electron chi connectivity index (χ4n) is 1.12. The zero-order valence-electron chi connectivity index (χ0n) is 7.26. The smallest absolute Gasteiger partial charge is 0.165 e. The van der Waals surface area contributed by atoms with Gasteiger partial charge in [-0.1, -0.05) is 12.1 Å². The first-order valence-electron chi connectivity index (χ1n) is 3.84. The predicted molar refractivity (Wildman–Crippen MR) is 45.9 cm³/mol. The molecule has 1 atom stereocenters. The van der Waals surface area contributed by atoms with Gasteiger partial charge in [-0.2, -0.15) is 0 Å². The minimum atomic E-state index is -0.828. The molecular weight excluding hydrogens is 176 g/mol. The van der Waals surface area contributed by atoms with Crippen molar-refractivity contribution in [2.45, 2.75) is 6.04 Å². The van der Waals surface area contributed by atoms with E-state index >= 15 is 0 Å². The van der Waals surface area contributed by atoms with Crippen LogP contribution in [0.5, 0.6) is 5.75 Å². The Hall–Kier alpha value is -1.16. The summed E-state index contributed by atoms with van der Waals surface area (Å²) in [6.45, 7) is -0.736. The van der Waals surface area contributed by atoms with Gasteiger partial charge in [0.2, 0.25) is 0 Å². The molecule has 0 unspecified atom stereocenters. The van der Waals surface area contributed by atoms with E-state index in [0.717, 1.165) is 0 Å². The zero-order chi connectivity index (χ0) is 9.84. The van der Waals surface area contributed by atoms with Gasteiger partial charge in [-0.3, -0.25) is 0 Å². The molecule has 1 rings (SSSR count). The molecule has 2 nitrogen and oxygen atoms in total. The van der Waals surface area contributed by atoms with Gasteiger partial charge in [0, 0.05) is 5.56 Å². The first kappa shape index (κ1) is 9.92. The highest BCUT2D eigenvalue weighted by Gasteiger charge is 2.14. The lowest BCUT2D eigenvalue weighted by Gasteiger charge is -2.12. The number of hydrogen-bond acceptors (Lipinski definition) is 2. The lowest BCUT2D eigenvalue weighted by atomic mass is 10.1. The summed E-state index contributed by atoms with van der Waals surface area (Å²) in [5.41, 5.74) is 5.77. The first-order valence-corrected chi connectivity index (χ1v) is 3.84. The van der Waals surface area contributed by atoms with Gasteiger partial charge in [-0.25, -0.2) is 8.78 Å². The van der Waals surface area contributed by atoms with E-state index in [1.165, 1.54) is 19.2 Å². The second-order valence-corrected chi connectivity index (χ2v) is 2.62. The summed E-state index contributed by atoms with van der Waals surface area (Å²) in [6, 6.07) is 3.44. The summed E-state index contributed by atoms with van der Waals surface area (Å²) in [4.78, 5) is 0. The quantitative estimate of drug-likeness (QED) is 0.783. The SMILES string of the molecule is COc1c(F)cccc1[C@H](N)CF. The maximum atomic E-state index is 13.0. The molecule has 0 heterocycles. The van der Waals surface area contributed by atoms with E-state index < -0.39 is 18.5 Å². The fourth-order valence-corrected chi connectivity index (χ4v) is 1.12. The van der Waals surface area contributed by atoms with E-state index in [0.29, 0.717) is 5.56 Å². The van der Waals surface area contributed by atoms with Crippen molar-refractivity contribution in [3.05, 3.63) is 29.6 Å². The normalized spacial score (nSPS) is 12.6. The lowest BCUT2D eigenvalue weighted by molar-refractivity contribution is 0.367. The van der Waals surface area contributed by atoms with Gasteiger partial charge in [-0.15, -0.1) is 0 Å². The van der Waals surface area contributed by atoms with Gasteiger partial charge in [0.05, 0.1) is 13.2 Å². The summed E-state index contributed by atoms with van der Waals surface area (Å²) in [6.07, 6.45) is 0. The first-order chi connectivity index (χ1) is 6.20. The molecule has 1 aromatic rings. The number of ether oxygens (including phenoxy) is 1. The van der Waals surface area contributed by atoms with Gasteiger partial charge in [0.1, 0.15) is 6.67 Å². The number of hydrogen-bond donors (Lipinski definition) is 1. The molecule has 0 aliphatic heterocycles. The third-order valence-electron chi connectivity index (χ3n) is 1.77. The maximum Gasteiger partial charge on any atom is 0.165 e. The Labute approximate surface area is 75.3 Å². The van der Waals surface area contributed by atoms with Crippen molar-refractivity contribution in [3.63, 3.8) is 0 Å². The summed E-state index contributed by atoms with van der Waals surface area (Å²) in [7, 11) is 1.33. The fraction of sp³-hybridized carbons (Fsp3) is 0.333. The second-order valence-electron chi connectivity index (χ2n) is 2.62. The highest BCUT2D eigenvalue weighted by atomic mass is 19.1. The van der Waals surface area contributed by atoms with Crippen molar-refractivity contribution in [3.8, 4) is 5.75 Å². The van der Waals surface area contributed by atoms with Crippen LogP contribution in [0.4, 0.5) is 8.78 Å². The minimum absolute atomic E-state index is 0.0210. The van der Waals surface area contributed by atoms with Crippen LogP contribution in [0.15, 0.2) is 18.2 Å². The van der Waals surface area contributed by atoms with Crippen molar-refractivity contribution in [2.75, 3.05) is 13.8 Å². The monoisotopic (exact) mass is 187 g/mol. The van der Waals surface area contributed by atoms with Crippen LogP contribution < -0.4 is 10.5 Å². The second kappa shape index (κ2) is 4.18. The molecule has 0 aliphatic rings. The number of nitrogens with two attached hydrogens (primary N) is 1. The third-order valence-corrected chi connectivity index (χ3v) is 1.77. The van der Waals surface area contributed by atoms with Crippen LogP contribution in [0, 0.1) is 5.82 Å². The topological polar surface area (TPSA) is 35.2 Å². The molecule has 72 valence electrons. The number of methoxy groups -OCH3 is 1. The number of alkyl halides is 1. The summed E-state index contributed by atoms with van der Waals surface area (Å²) >= 11 is 0. The molecule has 0 fully saturated rings. The van der Waals surface area contributed by atoms with Crippen LogP contribution in [-0.4, -0.2) is 13.8 Å². The van der Waals surface area contributed by atoms with Gasteiger partial charge < -0.3 is 10.5 Å². The number of rotatable bonds is 3. The summed E-state index contributed by atoms with van der Waals surface area (Å²) < 4.78 is 30.0. The van der Waals surface area contributed by atoms with Gasteiger partial charge in [0.25, 0.3) is 0 Å². The predicted octanol–water partition coefficient (Wildman–Crippen LogP) is 1.80. The van der Waals surface area contributed by atoms with Gasteiger partial charge in [0.15, 0.2) is 11.6 Å². The van der Waals surface area contributed by atoms with Gasteiger partial charge >= 0.3 is 0 Å². The van der Waals surface area contributed by atoms with E-state index in [2.05, 4.69) is 0 Å². The van der Waals surface area contributed by atoms with E-state index in [-0.39, 0.29) is 5.75 Å². The van der Waals surface area contributed by atoms with E-state index in [1.54, 1.807) is 6.07 Å². The van der Waals surface area contributed by atoms with Crippen molar-refractivity contribution < 1.29 is 13.5 Å². The van der Waals surface area contributed by atoms with Crippen LogP contribution in [0.1, 0.15) is 11.6 Å². The molecule has 0 aromatic heterocycles. The third kappa shape index (κ3) is 1.95. The highest BCUT2D eigenvalue weighted by Crippen LogP contribution is 2.26. The Kier molecular flexibility index (Phi) is 3.19. The molecule has 0 saturated heterocycles. The molecule has 0 bridgehead atoms. The zero-order valence-corrected chi connectivity index (χ0v) is 7.26. The van der Waals surface area contributed by atoms with Crippen LogP contribution >= 0.6 is 0 Å². The molecule has 0 saturated carbocycles. The maximum absolute atomic E-state index is 13.0. The molecule has 4 heteroatoms. The lowest BCUT2D eigenvalue weighted by Crippen LogP contribution is -2.13. The molecule has 1 aromatic carbocycles. The molecule has 13 heavy (non-hydrogen) atoms.